The van der Waals surface area contributed by atoms with Gasteiger partial charge in [-0.05, 0) is 57.8 Å². The summed E-state index contributed by atoms with van der Waals surface area (Å²) in [6.07, 6.45) is 45.2. The molecule has 0 aromatic heterocycles. The van der Waals surface area contributed by atoms with Gasteiger partial charge < -0.3 is 65.1 Å². The van der Waals surface area contributed by atoms with Gasteiger partial charge in [-0.3, -0.25) is 4.79 Å². The van der Waals surface area contributed by atoms with Crippen LogP contribution in [0.5, 0.6) is 0 Å². The lowest BCUT2D eigenvalue weighted by molar-refractivity contribution is -0.359. The maximum absolute atomic E-state index is 13.2. The Hall–Kier alpha value is -2.57. The average Bonchev–Trinajstić information content (AvgIpc) is 3.42. The lowest BCUT2D eigenvalue weighted by Crippen LogP contribution is -2.65. The first-order valence-electron chi connectivity index (χ1n) is 30.2. The molecule has 14 heteroatoms. The highest BCUT2D eigenvalue weighted by atomic mass is 16.7. The van der Waals surface area contributed by atoms with Crippen LogP contribution in [0.1, 0.15) is 219 Å². The molecule has 2 saturated heterocycles. The second-order valence-corrected chi connectivity index (χ2v) is 21.1. The molecule has 1 amide bonds. The summed E-state index contributed by atoms with van der Waals surface area (Å²) in [6, 6.07) is -0.949. The molecule has 0 aliphatic carbocycles. The summed E-state index contributed by atoms with van der Waals surface area (Å²) in [6.45, 7) is 2.65. The summed E-state index contributed by atoms with van der Waals surface area (Å²) in [5.74, 6) is -0.297. The Bertz CT molecular complexity index is 1550. The zero-order valence-corrected chi connectivity index (χ0v) is 47.2. The summed E-state index contributed by atoms with van der Waals surface area (Å²) in [5.41, 5.74) is 0. The molecule has 0 saturated carbocycles. The van der Waals surface area contributed by atoms with Gasteiger partial charge in [-0.15, -0.1) is 0 Å². The van der Waals surface area contributed by atoms with Crippen LogP contribution in [0.15, 0.2) is 72.9 Å². The van der Waals surface area contributed by atoms with Gasteiger partial charge in [0.2, 0.25) is 5.91 Å². The first-order chi connectivity index (χ1) is 37.1. The van der Waals surface area contributed by atoms with Crippen LogP contribution in [-0.4, -0.2) is 140 Å². The predicted octanol–water partition coefficient (Wildman–Crippen LogP) is 10.3. The molecule has 0 radical (unpaired) electrons. The zero-order chi connectivity index (χ0) is 55.3. The summed E-state index contributed by atoms with van der Waals surface area (Å²) in [7, 11) is 0. The van der Waals surface area contributed by atoms with Gasteiger partial charge in [-0.2, -0.15) is 0 Å². The summed E-state index contributed by atoms with van der Waals surface area (Å²) >= 11 is 0. The number of nitrogens with one attached hydrogen (secondary N) is 1. The fourth-order valence-electron chi connectivity index (χ4n) is 9.56. The van der Waals surface area contributed by atoms with Crippen LogP contribution in [0.25, 0.3) is 0 Å². The minimum absolute atomic E-state index is 0.200. The van der Waals surface area contributed by atoms with Gasteiger partial charge in [0.15, 0.2) is 12.6 Å². The molecule has 440 valence electrons. The quantitative estimate of drug-likeness (QED) is 0.0204. The van der Waals surface area contributed by atoms with E-state index in [1.165, 1.54) is 135 Å². The van der Waals surface area contributed by atoms with Crippen molar-refractivity contribution < 1.29 is 64.6 Å². The van der Waals surface area contributed by atoms with Crippen molar-refractivity contribution in [3.63, 3.8) is 0 Å². The van der Waals surface area contributed by atoms with Crippen LogP contribution in [0.2, 0.25) is 0 Å². The Morgan fingerprint density at radius 2 is 0.908 bits per heavy atom. The van der Waals surface area contributed by atoms with E-state index >= 15 is 0 Å². The van der Waals surface area contributed by atoms with Crippen LogP contribution >= 0.6 is 0 Å². The molecule has 12 unspecified atom stereocenters. The smallest absolute Gasteiger partial charge is 0.220 e. The molecule has 0 spiro atoms. The molecule has 2 fully saturated rings. The van der Waals surface area contributed by atoms with Crippen molar-refractivity contribution >= 4 is 5.91 Å². The highest BCUT2D eigenvalue weighted by Crippen LogP contribution is 2.30. The standard InChI is InChI=1S/C62H109NO13/c1-3-5-7-9-11-13-15-17-19-21-22-23-24-25-26-27-28-30-31-33-35-37-39-41-43-45-51(66)50(63-54(67)46-44-42-40-38-36-34-32-29-20-18-16-14-12-10-8-6-4-2)49-73-61-59(72)57(70)60(53(48-65)75-61)76-62-58(71)56(69)55(68)52(47-64)74-62/h6,8,12,14,18,20,32,34,38,40,43,45,50-53,55-62,64-66,68-72H,3-5,7,9-11,13,15-17,19,21-31,33,35-37,39,41-42,44,46-49H2,1-2H3,(H,63,67)/b8-6-,14-12-,20-18-,34-32-,40-38-,45-43+. The van der Waals surface area contributed by atoms with E-state index in [2.05, 4.69) is 73.8 Å². The van der Waals surface area contributed by atoms with Gasteiger partial charge in [0, 0.05) is 6.42 Å². The Balaban J connectivity index is 1.77. The first kappa shape index (κ1) is 69.5. The Labute approximate surface area is 459 Å². The van der Waals surface area contributed by atoms with Gasteiger partial charge in [0.1, 0.15) is 48.8 Å². The zero-order valence-electron chi connectivity index (χ0n) is 47.2. The molecule has 12 atom stereocenters. The Morgan fingerprint density at radius 3 is 1.38 bits per heavy atom. The molecule has 0 bridgehead atoms. The molecule has 2 aliphatic heterocycles. The molecular weight excluding hydrogens is 967 g/mol. The van der Waals surface area contributed by atoms with Gasteiger partial charge >= 0.3 is 0 Å². The van der Waals surface area contributed by atoms with Crippen molar-refractivity contribution in [3.8, 4) is 0 Å². The number of rotatable bonds is 47. The minimum Gasteiger partial charge on any atom is -0.394 e. The van der Waals surface area contributed by atoms with Gasteiger partial charge in [-0.25, -0.2) is 0 Å². The van der Waals surface area contributed by atoms with Crippen molar-refractivity contribution in [2.45, 2.75) is 293 Å². The topological polar surface area (TPSA) is 228 Å². The normalized spacial score (nSPS) is 25.4. The number of hydrogen-bond acceptors (Lipinski definition) is 13. The molecule has 2 aliphatic rings. The maximum atomic E-state index is 13.2. The molecule has 14 nitrogen and oxygen atoms in total. The van der Waals surface area contributed by atoms with Crippen molar-refractivity contribution in [1.29, 1.82) is 0 Å². The predicted molar refractivity (Wildman–Crippen MR) is 304 cm³/mol. The van der Waals surface area contributed by atoms with E-state index in [4.69, 9.17) is 18.9 Å². The summed E-state index contributed by atoms with van der Waals surface area (Å²) < 4.78 is 22.7. The molecule has 76 heavy (non-hydrogen) atoms. The van der Waals surface area contributed by atoms with Crippen molar-refractivity contribution in [2.24, 2.45) is 0 Å². The molecule has 2 heterocycles. The summed E-state index contributed by atoms with van der Waals surface area (Å²) in [5, 5.41) is 87.1. The van der Waals surface area contributed by atoms with Crippen LogP contribution in [0, 0.1) is 0 Å². The average molecular weight is 1080 g/mol. The number of hydrogen-bond donors (Lipinski definition) is 9. The second kappa shape index (κ2) is 47.3. The number of amides is 1. The van der Waals surface area contributed by atoms with E-state index in [0.717, 1.165) is 51.4 Å². The number of aliphatic hydroxyl groups excluding tert-OH is 8. The highest BCUT2D eigenvalue weighted by molar-refractivity contribution is 5.76. The Morgan fingerprint density at radius 1 is 0.487 bits per heavy atom. The van der Waals surface area contributed by atoms with Crippen LogP contribution in [0.4, 0.5) is 0 Å². The first-order valence-corrected chi connectivity index (χ1v) is 30.2. The number of unbranched alkanes of at least 4 members (excludes halogenated alkanes) is 24. The van der Waals surface area contributed by atoms with E-state index in [-0.39, 0.29) is 18.9 Å². The van der Waals surface area contributed by atoms with E-state index in [1.807, 2.05) is 12.2 Å². The van der Waals surface area contributed by atoms with E-state index < -0.39 is 86.8 Å². The largest absolute Gasteiger partial charge is 0.394 e. The lowest BCUT2D eigenvalue weighted by Gasteiger charge is -2.46. The minimum atomic E-state index is -1.80. The number of carbonyl (C=O) groups excluding carboxylic acids is 1. The number of carbonyl (C=O) groups is 1. The highest BCUT2D eigenvalue weighted by Gasteiger charge is 2.51. The molecular formula is C62H109NO13. The van der Waals surface area contributed by atoms with Crippen molar-refractivity contribution in [3.05, 3.63) is 72.9 Å². The number of ether oxygens (including phenoxy) is 4. The lowest BCUT2D eigenvalue weighted by atomic mass is 9.97. The molecule has 0 aromatic carbocycles. The van der Waals surface area contributed by atoms with Gasteiger partial charge in [-0.1, -0.05) is 228 Å². The Kier molecular flexibility index (Phi) is 43.2. The number of allylic oxidation sites excluding steroid dienone is 11. The fourth-order valence-corrected chi connectivity index (χ4v) is 9.56. The summed E-state index contributed by atoms with van der Waals surface area (Å²) in [4.78, 5) is 13.2. The van der Waals surface area contributed by atoms with Crippen molar-refractivity contribution in [2.75, 3.05) is 19.8 Å². The van der Waals surface area contributed by atoms with Crippen LogP contribution < -0.4 is 5.32 Å². The fraction of sp³-hybridized carbons (Fsp3) is 0.790. The van der Waals surface area contributed by atoms with E-state index in [9.17, 15) is 45.6 Å². The number of aliphatic hydroxyl groups is 8. The maximum Gasteiger partial charge on any atom is 0.220 e. The molecule has 9 N–H and O–H groups in total. The van der Waals surface area contributed by atoms with Gasteiger partial charge in [0.05, 0.1) is 32.0 Å². The third kappa shape index (κ3) is 32.5. The van der Waals surface area contributed by atoms with Crippen LogP contribution in [0.3, 0.4) is 0 Å². The third-order valence-electron chi connectivity index (χ3n) is 14.4. The van der Waals surface area contributed by atoms with Crippen LogP contribution in [-0.2, 0) is 23.7 Å². The third-order valence-corrected chi connectivity index (χ3v) is 14.4. The van der Waals surface area contributed by atoms with E-state index in [1.54, 1.807) is 6.08 Å². The molecule has 2 rings (SSSR count). The monoisotopic (exact) mass is 1080 g/mol. The van der Waals surface area contributed by atoms with E-state index in [0.29, 0.717) is 12.8 Å². The SMILES string of the molecule is CC/C=C\C/C=C\C/C=C\C/C=C\C/C=C\CCCC(=O)NC(COC1OC(CO)C(OC2OC(CO)C(O)C(O)C2O)C(O)C1O)C(O)/C=C/CCCCCCCCCCCCCCCCCCCCCCCCC. The van der Waals surface area contributed by atoms with Crippen molar-refractivity contribution in [1.82, 2.24) is 5.32 Å². The second-order valence-electron chi connectivity index (χ2n) is 21.1. The van der Waals surface area contributed by atoms with Gasteiger partial charge in [0.25, 0.3) is 0 Å². The molecule has 0 aromatic rings.